The quantitative estimate of drug-likeness (QED) is 0.750. The van der Waals surface area contributed by atoms with Crippen LogP contribution in [0.1, 0.15) is 32.6 Å². The van der Waals surface area contributed by atoms with E-state index in [-0.39, 0.29) is 17.7 Å². The van der Waals surface area contributed by atoms with E-state index >= 15 is 0 Å². The highest BCUT2D eigenvalue weighted by Gasteiger charge is 2.31. The number of nitrogens with one attached hydrogen (secondary N) is 2. The molecular weight excluding hydrogens is 230 g/mol. The van der Waals surface area contributed by atoms with Crippen molar-refractivity contribution >= 4 is 11.8 Å². The fraction of sp³-hybridized carbons (Fsp3) is 0.846. The highest BCUT2D eigenvalue weighted by atomic mass is 16.2. The van der Waals surface area contributed by atoms with Gasteiger partial charge in [0.25, 0.3) is 0 Å². The second kappa shape index (κ2) is 6.18. The Morgan fingerprint density at radius 3 is 2.78 bits per heavy atom. The third-order valence-electron chi connectivity index (χ3n) is 3.95. The van der Waals surface area contributed by atoms with E-state index in [1.165, 1.54) is 0 Å². The summed E-state index contributed by atoms with van der Waals surface area (Å²) in [5.41, 5.74) is 0. The summed E-state index contributed by atoms with van der Waals surface area (Å²) < 4.78 is 0. The Morgan fingerprint density at radius 2 is 2.22 bits per heavy atom. The molecule has 0 aromatic heterocycles. The van der Waals surface area contributed by atoms with Gasteiger partial charge in [-0.05, 0) is 32.7 Å². The van der Waals surface area contributed by atoms with E-state index < -0.39 is 0 Å². The van der Waals surface area contributed by atoms with E-state index in [9.17, 15) is 9.59 Å². The Bertz CT molecular complexity index is 303. The van der Waals surface area contributed by atoms with Crippen molar-refractivity contribution in [3.8, 4) is 0 Å². The smallest absolute Gasteiger partial charge is 0.227 e. The van der Waals surface area contributed by atoms with Crippen molar-refractivity contribution in [2.75, 3.05) is 26.2 Å². The number of amides is 2. The van der Waals surface area contributed by atoms with Crippen LogP contribution in [0.4, 0.5) is 0 Å². The zero-order chi connectivity index (χ0) is 13.0. The van der Waals surface area contributed by atoms with Crippen molar-refractivity contribution in [3.05, 3.63) is 0 Å². The van der Waals surface area contributed by atoms with Crippen LogP contribution in [0.5, 0.6) is 0 Å². The van der Waals surface area contributed by atoms with Crippen LogP contribution in [0.25, 0.3) is 0 Å². The van der Waals surface area contributed by atoms with E-state index in [1.807, 2.05) is 11.8 Å². The minimum Gasteiger partial charge on any atom is -0.355 e. The van der Waals surface area contributed by atoms with E-state index in [1.54, 1.807) is 0 Å². The average Bonchev–Trinajstić information content (AvgIpc) is 2.41. The maximum absolute atomic E-state index is 12.5. The molecule has 102 valence electrons. The van der Waals surface area contributed by atoms with Gasteiger partial charge < -0.3 is 15.5 Å². The van der Waals surface area contributed by atoms with Crippen LogP contribution < -0.4 is 10.6 Å². The van der Waals surface area contributed by atoms with Gasteiger partial charge in [0.2, 0.25) is 11.8 Å². The molecule has 2 heterocycles. The fourth-order valence-corrected chi connectivity index (χ4v) is 2.87. The number of carbonyl (C=O) groups is 2. The van der Waals surface area contributed by atoms with Crippen LogP contribution >= 0.6 is 0 Å². The summed E-state index contributed by atoms with van der Waals surface area (Å²) in [6.45, 7) is 5.26. The lowest BCUT2D eigenvalue weighted by Crippen LogP contribution is -2.52. The topological polar surface area (TPSA) is 61.4 Å². The molecule has 18 heavy (non-hydrogen) atoms. The first-order valence-electron chi connectivity index (χ1n) is 7.00. The first-order valence-corrected chi connectivity index (χ1v) is 7.00. The largest absolute Gasteiger partial charge is 0.355 e. The third kappa shape index (κ3) is 3.02. The zero-order valence-electron chi connectivity index (χ0n) is 11.1. The molecule has 0 spiro atoms. The van der Waals surface area contributed by atoms with E-state index in [0.717, 1.165) is 32.5 Å². The lowest BCUT2D eigenvalue weighted by Gasteiger charge is -2.37. The highest BCUT2D eigenvalue weighted by Crippen LogP contribution is 2.18. The number of nitrogens with zero attached hydrogens (tertiary/aromatic N) is 1. The van der Waals surface area contributed by atoms with Crippen molar-refractivity contribution in [3.63, 3.8) is 0 Å². The summed E-state index contributed by atoms with van der Waals surface area (Å²) in [6, 6.07) is 0.328. The molecule has 2 aliphatic heterocycles. The van der Waals surface area contributed by atoms with Gasteiger partial charge >= 0.3 is 0 Å². The summed E-state index contributed by atoms with van der Waals surface area (Å²) in [5, 5.41) is 6.14. The van der Waals surface area contributed by atoms with E-state index in [4.69, 9.17) is 0 Å². The Balaban J connectivity index is 1.94. The summed E-state index contributed by atoms with van der Waals surface area (Å²) in [7, 11) is 0. The van der Waals surface area contributed by atoms with E-state index in [0.29, 0.717) is 25.4 Å². The Morgan fingerprint density at radius 1 is 1.39 bits per heavy atom. The normalized spacial score (nSPS) is 28.6. The molecule has 2 rings (SSSR count). The van der Waals surface area contributed by atoms with Crippen LogP contribution in [0.15, 0.2) is 0 Å². The van der Waals surface area contributed by atoms with Crippen LogP contribution in [-0.4, -0.2) is 48.9 Å². The van der Waals surface area contributed by atoms with Crippen LogP contribution in [0.2, 0.25) is 0 Å². The summed E-state index contributed by atoms with van der Waals surface area (Å²) in [5.74, 6) is 0.261. The molecule has 0 aromatic rings. The van der Waals surface area contributed by atoms with Gasteiger partial charge in [-0.25, -0.2) is 0 Å². The number of piperidine rings is 2. The van der Waals surface area contributed by atoms with Crippen LogP contribution in [0.3, 0.4) is 0 Å². The monoisotopic (exact) mass is 253 g/mol. The van der Waals surface area contributed by atoms with E-state index in [2.05, 4.69) is 10.6 Å². The molecule has 0 aromatic carbocycles. The molecular formula is C13H23N3O2. The van der Waals surface area contributed by atoms with Crippen LogP contribution in [0, 0.1) is 5.92 Å². The number of hydrogen-bond donors (Lipinski definition) is 2. The fourth-order valence-electron chi connectivity index (χ4n) is 2.87. The van der Waals surface area contributed by atoms with Gasteiger partial charge in [-0.15, -0.1) is 0 Å². The average molecular weight is 253 g/mol. The van der Waals surface area contributed by atoms with Crippen molar-refractivity contribution in [1.82, 2.24) is 15.5 Å². The number of likely N-dealkylation sites (N-methyl/N-ethyl adjacent to an activating group) is 1. The first-order chi connectivity index (χ1) is 8.72. The highest BCUT2D eigenvalue weighted by molar-refractivity contribution is 5.84. The predicted octanol–water partition coefficient (Wildman–Crippen LogP) is 0.113. The Kier molecular flexibility index (Phi) is 4.58. The van der Waals surface area contributed by atoms with Crippen molar-refractivity contribution in [2.24, 2.45) is 5.92 Å². The maximum Gasteiger partial charge on any atom is 0.227 e. The first kappa shape index (κ1) is 13.3. The molecule has 2 amide bonds. The minimum absolute atomic E-state index is 0.0235. The molecule has 2 atom stereocenters. The van der Waals surface area contributed by atoms with Gasteiger partial charge in [0.05, 0.1) is 5.92 Å². The minimum atomic E-state index is -0.0235. The van der Waals surface area contributed by atoms with Crippen molar-refractivity contribution in [2.45, 2.75) is 38.6 Å². The summed E-state index contributed by atoms with van der Waals surface area (Å²) in [4.78, 5) is 25.6. The lowest BCUT2D eigenvalue weighted by molar-refractivity contribution is -0.139. The van der Waals surface area contributed by atoms with Gasteiger partial charge in [-0.3, -0.25) is 9.59 Å². The molecule has 2 unspecified atom stereocenters. The molecule has 0 aliphatic carbocycles. The molecule has 0 saturated carbocycles. The number of hydrogen-bond acceptors (Lipinski definition) is 3. The standard InChI is InChI=1S/C13H23N3O2/c1-2-16(11-4-3-7-14-9-11)13(18)10-5-6-12(17)15-8-10/h10-11,14H,2-9H2,1H3,(H,15,17). The predicted molar refractivity (Wildman–Crippen MR) is 69.0 cm³/mol. The number of carbonyl (C=O) groups excluding carboxylic acids is 2. The maximum atomic E-state index is 12.5. The molecule has 2 fully saturated rings. The van der Waals surface area contributed by atoms with Crippen molar-refractivity contribution in [1.29, 1.82) is 0 Å². The van der Waals surface area contributed by atoms with Gasteiger partial charge in [0.15, 0.2) is 0 Å². The second-order valence-electron chi connectivity index (χ2n) is 5.16. The molecule has 0 bridgehead atoms. The molecule has 5 nitrogen and oxygen atoms in total. The molecule has 5 heteroatoms. The van der Waals surface area contributed by atoms with Gasteiger partial charge in [-0.1, -0.05) is 0 Å². The molecule has 0 radical (unpaired) electrons. The van der Waals surface area contributed by atoms with Gasteiger partial charge in [0.1, 0.15) is 0 Å². The van der Waals surface area contributed by atoms with Gasteiger partial charge in [-0.2, -0.15) is 0 Å². The SMILES string of the molecule is CCN(C(=O)C1CCC(=O)NC1)C1CCCNC1. The van der Waals surface area contributed by atoms with Crippen molar-refractivity contribution < 1.29 is 9.59 Å². The number of rotatable bonds is 3. The Labute approximate surface area is 108 Å². The summed E-state index contributed by atoms with van der Waals surface area (Å²) >= 11 is 0. The molecule has 2 aliphatic rings. The van der Waals surface area contributed by atoms with Crippen LogP contribution in [-0.2, 0) is 9.59 Å². The zero-order valence-corrected chi connectivity index (χ0v) is 11.1. The third-order valence-corrected chi connectivity index (χ3v) is 3.95. The lowest BCUT2D eigenvalue weighted by atomic mass is 9.95. The Hall–Kier alpha value is -1.10. The second-order valence-corrected chi connectivity index (χ2v) is 5.16. The summed E-state index contributed by atoms with van der Waals surface area (Å²) in [6.07, 6.45) is 3.40. The molecule has 2 N–H and O–H groups in total. The molecule has 2 saturated heterocycles. The van der Waals surface area contributed by atoms with Gasteiger partial charge in [0, 0.05) is 32.1 Å².